The quantitative estimate of drug-likeness (QED) is 0.281. The Morgan fingerprint density at radius 3 is 2.75 bits per heavy atom. The number of para-hydroxylation sites is 2. The number of phenolic OH excluding ortho intramolecular Hbond substituents is 1. The molecule has 0 saturated carbocycles. The number of nitro benzene ring substituents is 1. The Morgan fingerprint density at radius 2 is 1.96 bits per heavy atom. The number of non-ortho nitro benzene ring substituents is 1. The molecule has 8 heteroatoms. The normalized spacial score (nSPS) is 11.3. The summed E-state index contributed by atoms with van der Waals surface area (Å²) in [7, 11) is 0. The van der Waals surface area contributed by atoms with E-state index in [1.54, 1.807) is 18.2 Å². The van der Waals surface area contributed by atoms with Crippen molar-refractivity contribution in [2.75, 3.05) is 0 Å². The van der Waals surface area contributed by atoms with Crippen LogP contribution in [0.25, 0.3) is 22.4 Å². The van der Waals surface area contributed by atoms with Crippen LogP contribution in [0.15, 0.2) is 65.7 Å². The van der Waals surface area contributed by atoms with Gasteiger partial charge in [-0.05, 0) is 36.4 Å². The first-order valence-corrected chi connectivity index (χ1v) is 8.65. The first-order valence-electron chi connectivity index (χ1n) is 8.27. The molecule has 7 nitrogen and oxygen atoms in total. The molecule has 0 saturated heterocycles. The van der Waals surface area contributed by atoms with Gasteiger partial charge in [0, 0.05) is 29.5 Å². The Hall–Kier alpha value is -3.71. The number of aromatic amines is 1. The van der Waals surface area contributed by atoms with Crippen LogP contribution in [-0.4, -0.2) is 26.2 Å². The van der Waals surface area contributed by atoms with Crippen molar-refractivity contribution >= 4 is 40.2 Å². The maximum atomic E-state index is 10.9. The van der Waals surface area contributed by atoms with Gasteiger partial charge in [-0.2, -0.15) is 0 Å². The Bertz CT molecular complexity index is 1200. The van der Waals surface area contributed by atoms with E-state index in [1.165, 1.54) is 24.4 Å². The van der Waals surface area contributed by atoms with Crippen molar-refractivity contribution in [3.05, 3.63) is 81.4 Å². The largest absolute Gasteiger partial charge is 0.507 e. The number of fused-ring (bicyclic) bond motifs is 1. The van der Waals surface area contributed by atoms with Crippen LogP contribution in [0.4, 0.5) is 11.4 Å². The zero-order valence-corrected chi connectivity index (χ0v) is 15.1. The second-order valence-electron chi connectivity index (χ2n) is 6.03. The van der Waals surface area contributed by atoms with Gasteiger partial charge in [0.1, 0.15) is 11.6 Å². The average Bonchev–Trinajstić information content (AvgIpc) is 3.12. The summed E-state index contributed by atoms with van der Waals surface area (Å²) in [5.74, 6) is 0.516. The zero-order chi connectivity index (χ0) is 19.7. The van der Waals surface area contributed by atoms with Gasteiger partial charge in [0.2, 0.25) is 0 Å². The lowest BCUT2D eigenvalue weighted by atomic mass is 10.1. The summed E-state index contributed by atoms with van der Waals surface area (Å²) in [6.45, 7) is 0. The number of nitrogens with zero attached hydrogens (tertiary/aromatic N) is 3. The van der Waals surface area contributed by atoms with Crippen molar-refractivity contribution in [2.45, 2.75) is 0 Å². The van der Waals surface area contributed by atoms with Crippen LogP contribution in [0.3, 0.4) is 0 Å². The van der Waals surface area contributed by atoms with E-state index in [0.29, 0.717) is 22.1 Å². The van der Waals surface area contributed by atoms with E-state index in [4.69, 9.17) is 11.6 Å². The molecule has 0 unspecified atom stereocenters. The van der Waals surface area contributed by atoms with Crippen LogP contribution in [-0.2, 0) is 0 Å². The molecule has 4 aromatic rings. The summed E-state index contributed by atoms with van der Waals surface area (Å²) in [6, 6.07) is 16.6. The molecule has 0 aliphatic carbocycles. The highest BCUT2D eigenvalue weighted by atomic mass is 35.5. The summed E-state index contributed by atoms with van der Waals surface area (Å²) >= 11 is 6.33. The number of benzene rings is 3. The molecule has 0 bridgehead atoms. The van der Waals surface area contributed by atoms with E-state index in [9.17, 15) is 15.2 Å². The van der Waals surface area contributed by atoms with Crippen molar-refractivity contribution < 1.29 is 10.0 Å². The van der Waals surface area contributed by atoms with E-state index in [2.05, 4.69) is 15.0 Å². The molecule has 0 atom stereocenters. The summed E-state index contributed by atoms with van der Waals surface area (Å²) in [4.78, 5) is 22.4. The zero-order valence-electron chi connectivity index (χ0n) is 14.3. The lowest BCUT2D eigenvalue weighted by molar-refractivity contribution is -0.384. The highest BCUT2D eigenvalue weighted by molar-refractivity contribution is 6.33. The molecule has 0 amide bonds. The van der Waals surface area contributed by atoms with E-state index in [1.807, 2.05) is 24.3 Å². The Kier molecular flexibility index (Phi) is 4.50. The monoisotopic (exact) mass is 392 g/mol. The number of nitrogens with one attached hydrogen (secondary N) is 1. The van der Waals surface area contributed by atoms with Gasteiger partial charge < -0.3 is 10.1 Å². The molecular weight excluding hydrogens is 380 g/mol. The molecule has 3 aromatic carbocycles. The summed E-state index contributed by atoms with van der Waals surface area (Å²) in [6.07, 6.45) is 1.37. The van der Waals surface area contributed by atoms with Gasteiger partial charge in [-0.1, -0.05) is 23.7 Å². The lowest BCUT2D eigenvalue weighted by Crippen LogP contribution is -1.90. The number of aromatic hydroxyl groups is 1. The van der Waals surface area contributed by atoms with Crippen LogP contribution in [0, 0.1) is 10.1 Å². The number of hydrogen-bond acceptors (Lipinski definition) is 5. The van der Waals surface area contributed by atoms with Gasteiger partial charge in [0.05, 0.1) is 26.7 Å². The number of imidazole rings is 1. The summed E-state index contributed by atoms with van der Waals surface area (Å²) in [5.41, 5.74) is 3.07. The Balaban J connectivity index is 1.70. The number of aromatic nitrogens is 2. The van der Waals surface area contributed by atoms with E-state index in [-0.39, 0.29) is 17.0 Å². The first kappa shape index (κ1) is 17.7. The van der Waals surface area contributed by atoms with Gasteiger partial charge in [-0.15, -0.1) is 0 Å². The lowest BCUT2D eigenvalue weighted by Gasteiger charge is -2.03. The fraction of sp³-hybridized carbons (Fsp3) is 0. The van der Waals surface area contributed by atoms with Gasteiger partial charge in [-0.25, -0.2) is 4.98 Å². The third-order valence-electron chi connectivity index (χ3n) is 4.17. The van der Waals surface area contributed by atoms with Crippen molar-refractivity contribution in [3.63, 3.8) is 0 Å². The predicted octanol–water partition coefficient (Wildman–Crippen LogP) is 5.25. The van der Waals surface area contributed by atoms with Crippen LogP contribution in [0.5, 0.6) is 5.75 Å². The minimum atomic E-state index is -0.529. The molecule has 1 heterocycles. The summed E-state index contributed by atoms with van der Waals surface area (Å²) in [5, 5.41) is 21.3. The standard InChI is InChI=1S/C20H13ClN4O3/c21-16-7-5-13(22-11-12-9-14(25(27)28)6-8-19(12)26)10-15(16)20-23-17-3-1-2-4-18(17)24-20/h1-11,26H,(H,23,24). The van der Waals surface area contributed by atoms with Crippen molar-refractivity contribution in [3.8, 4) is 17.1 Å². The molecule has 0 radical (unpaired) electrons. The van der Waals surface area contributed by atoms with Crippen LogP contribution in [0.1, 0.15) is 5.56 Å². The maximum absolute atomic E-state index is 10.9. The number of halogens is 1. The fourth-order valence-corrected chi connectivity index (χ4v) is 2.97. The van der Waals surface area contributed by atoms with E-state index >= 15 is 0 Å². The first-order chi connectivity index (χ1) is 13.5. The average molecular weight is 393 g/mol. The van der Waals surface area contributed by atoms with Gasteiger partial charge >= 0.3 is 0 Å². The Labute approximate surface area is 164 Å². The third kappa shape index (κ3) is 3.43. The SMILES string of the molecule is O=[N+]([O-])c1ccc(O)c(C=Nc2ccc(Cl)c(-c3nc4ccccc4[nH]3)c2)c1. The molecule has 2 N–H and O–H groups in total. The molecule has 1 aromatic heterocycles. The summed E-state index contributed by atoms with van der Waals surface area (Å²) < 4.78 is 0. The number of H-pyrrole nitrogens is 1. The van der Waals surface area contributed by atoms with Crippen LogP contribution >= 0.6 is 11.6 Å². The highest BCUT2D eigenvalue weighted by Gasteiger charge is 2.11. The molecular formula is C20H13ClN4O3. The molecule has 0 aliphatic heterocycles. The Morgan fingerprint density at radius 1 is 1.14 bits per heavy atom. The van der Waals surface area contributed by atoms with Gasteiger partial charge in [-0.3, -0.25) is 15.1 Å². The number of phenols is 1. The van der Waals surface area contributed by atoms with E-state index < -0.39 is 4.92 Å². The number of nitro groups is 1. The molecule has 0 aliphatic rings. The molecule has 138 valence electrons. The van der Waals surface area contributed by atoms with Gasteiger partial charge in [0.25, 0.3) is 5.69 Å². The highest BCUT2D eigenvalue weighted by Crippen LogP contribution is 2.31. The maximum Gasteiger partial charge on any atom is 0.270 e. The van der Waals surface area contributed by atoms with Gasteiger partial charge in [0.15, 0.2) is 0 Å². The minimum Gasteiger partial charge on any atom is -0.507 e. The topological polar surface area (TPSA) is 104 Å². The smallest absolute Gasteiger partial charge is 0.270 e. The molecule has 28 heavy (non-hydrogen) atoms. The van der Waals surface area contributed by atoms with E-state index in [0.717, 1.165) is 11.0 Å². The number of hydrogen-bond donors (Lipinski definition) is 2. The van der Waals surface area contributed by atoms with Crippen molar-refractivity contribution in [2.24, 2.45) is 4.99 Å². The predicted molar refractivity (Wildman–Crippen MR) is 109 cm³/mol. The second-order valence-corrected chi connectivity index (χ2v) is 6.43. The molecule has 0 fully saturated rings. The van der Waals surface area contributed by atoms with Crippen LogP contribution in [0.2, 0.25) is 5.02 Å². The molecule has 0 spiro atoms. The van der Waals surface area contributed by atoms with Crippen molar-refractivity contribution in [1.29, 1.82) is 0 Å². The minimum absolute atomic E-state index is 0.0965. The fourth-order valence-electron chi connectivity index (χ4n) is 2.76. The second kappa shape index (κ2) is 7.13. The number of aliphatic imine (C=N–C) groups is 1. The van der Waals surface area contributed by atoms with Crippen molar-refractivity contribution in [1.82, 2.24) is 9.97 Å². The third-order valence-corrected chi connectivity index (χ3v) is 4.50. The van der Waals surface area contributed by atoms with Crippen LogP contribution < -0.4 is 0 Å². The number of rotatable bonds is 4. The molecule has 4 rings (SSSR count).